The molecule has 1 atom stereocenters. The van der Waals surface area contributed by atoms with Crippen molar-refractivity contribution in [1.29, 1.82) is 0 Å². The van der Waals surface area contributed by atoms with Gasteiger partial charge in [-0.1, -0.05) is 13.8 Å². The summed E-state index contributed by atoms with van der Waals surface area (Å²) < 4.78 is 0. The van der Waals surface area contributed by atoms with Gasteiger partial charge in [-0.25, -0.2) is 0 Å². The number of rotatable bonds is 4. The zero-order valence-electron chi connectivity index (χ0n) is 12.1. The van der Waals surface area contributed by atoms with E-state index in [4.69, 9.17) is 5.73 Å². The SMILES string of the molecule is CC(C)C(N)(CC1C2CC3CC(C2)CC1C3)C(=O)O. The molecule has 4 bridgehead atoms. The molecule has 0 heterocycles. The third-order valence-electron chi connectivity index (χ3n) is 6.42. The van der Waals surface area contributed by atoms with Gasteiger partial charge in [0, 0.05) is 0 Å². The Hall–Kier alpha value is -0.570. The van der Waals surface area contributed by atoms with Crippen LogP contribution in [0.5, 0.6) is 0 Å². The predicted molar refractivity (Wildman–Crippen MR) is 74.5 cm³/mol. The van der Waals surface area contributed by atoms with Gasteiger partial charge in [0.2, 0.25) is 0 Å². The van der Waals surface area contributed by atoms with Gasteiger partial charge in [-0.05, 0) is 74.0 Å². The van der Waals surface area contributed by atoms with Gasteiger partial charge in [0.25, 0.3) is 0 Å². The first-order valence-corrected chi connectivity index (χ1v) is 7.92. The molecule has 0 saturated heterocycles. The van der Waals surface area contributed by atoms with Crippen molar-refractivity contribution in [3.05, 3.63) is 0 Å². The van der Waals surface area contributed by atoms with Gasteiger partial charge in [-0.3, -0.25) is 4.79 Å². The van der Waals surface area contributed by atoms with E-state index in [1.54, 1.807) is 0 Å². The van der Waals surface area contributed by atoms with Crippen molar-refractivity contribution in [2.24, 2.45) is 41.2 Å². The van der Waals surface area contributed by atoms with Gasteiger partial charge in [0.1, 0.15) is 5.54 Å². The van der Waals surface area contributed by atoms with Crippen LogP contribution in [0.25, 0.3) is 0 Å². The van der Waals surface area contributed by atoms with Crippen LogP contribution in [-0.2, 0) is 4.79 Å². The van der Waals surface area contributed by atoms with Crippen molar-refractivity contribution in [1.82, 2.24) is 0 Å². The van der Waals surface area contributed by atoms with E-state index in [-0.39, 0.29) is 5.92 Å². The van der Waals surface area contributed by atoms with E-state index < -0.39 is 11.5 Å². The highest BCUT2D eigenvalue weighted by Gasteiger charge is 2.51. The molecule has 4 aliphatic carbocycles. The largest absolute Gasteiger partial charge is 0.480 e. The zero-order valence-corrected chi connectivity index (χ0v) is 12.1. The smallest absolute Gasteiger partial charge is 0.323 e. The van der Waals surface area contributed by atoms with Gasteiger partial charge in [-0.15, -0.1) is 0 Å². The maximum absolute atomic E-state index is 11.6. The Morgan fingerprint density at radius 1 is 1.16 bits per heavy atom. The van der Waals surface area contributed by atoms with Gasteiger partial charge >= 0.3 is 5.97 Å². The Balaban J connectivity index is 1.78. The summed E-state index contributed by atoms with van der Waals surface area (Å²) in [6, 6.07) is 0. The summed E-state index contributed by atoms with van der Waals surface area (Å²) in [7, 11) is 0. The van der Waals surface area contributed by atoms with Gasteiger partial charge < -0.3 is 10.8 Å². The molecule has 108 valence electrons. The number of carboxylic acids is 1. The molecule has 0 aromatic carbocycles. The van der Waals surface area contributed by atoms with E-state index in [1.165, 1.54) is 32.1 Å². The van der Waals surface area contributed by atoms with Crippen LogP contribution in [0.1, 0.15) is 52.4 Å². The van der Waals surface area contributed by atoms with Crippen LogP contribution in [0.3, 0.4) is 0 Å². The van der Waals surface area contributed by atoms with Crippen molar-refractivity contribution < 1.29 is 9.90 Å². The fourth-order valence-corrected chi connectivity index (χ4v) is 5.33. The highest BCUT2D eigenvalue weighted by molar-refractivity contribution is 5.78. The lowest BCUT2D eigenvalue weighted by atomic mass is 9.50. The summed E-state index contributed by atoms with van der Waals surface area (Å²) in [5, 5.41) is 9.53. The minimum absolute atomic E-state index is 0.00203. The minimum Gasteiger partial charge on any atom is -0.480 e. The van der Waals surface area contributed by atoms with E-state index in [0.717, 1.165) is 23.7 Å². The first-order valence-electron chi connectivity index (χ1n) is 7.92. The molecule has 0 radical (unpaired) electrons. The van der Waals surface area contributed by atoms with Crippen molar-refractivity contribution in [3.63, 3.8) is 0 Å². The van der Waals surface area contributed by atoms with Gasteiger partial charge in [-0.2, -0.15) is 0 Å². The summed E-state index contributed by atoms with van der Waals surface area (Å²) in [5.74, 6) is 3.16. The molecule has 0 spiro atoms. The molecule has 3 heteroatoms. The quantitative estimate of drug-likeness (QED) is 0.821. The number of carbonyl (C=O) groups is 1. The third-order valence-corrected chi connectivity index (χ3v) is 6.42. The molecular formula is C16H27NO2. The fraction of sp³-hybridized carbons (Fsp3) is 0.938. The van der Waals surface area contributed by atoms with Crippen molar-refractivity contribution in [2.75, 3.05) is 0 Å². The van der Waals surface area contributed by atoms with Gasteiger partial charge in [0.05, 0.1) is 0 Å². The molecule has 0 aliphatic heterocycles. The number of aliphatic carboxylic acids is 1. The van der Waals surface area contributed by atoms with Crippen LogP contribution in [0.15, 0.2) is 0 Å². The maximum Gasteiger partial charge on any atom is 0.323 e. The number of hydrogen-bond donors (Lipinski definition) is 2. The Kier molecular flexibility index (Phi) is 3.16. The average molecular weight is 265 g/mol. The summed E-state index contributed by atoms with van der Waals surface area (Å²) in [6.07, 6.45) is 7.49. The van der Waals surface area contributed by atoms with E-state index in [9.17, 15) is 9.90 Å². The standard InChI is InChI=1S/C16H27NO2/c1-9(2)16(17,15(18)19)8-14-12-4-10-3-11(6-12)7-13(14)5-10/h9-14H,3-8,17H2,1-2H3,(H,18,19). The lowest BCUT2D eigenvalue weighted by molar-refractivity contribution is -0.148. The third kappa shape index (κ3) is 2.10. The zero-order chi connectivity index (χ0) is 13.8. The predicted octanol–water partition coefficient (Wildman–Crippen LogP) is 2.89. The Morgan fingerprint density at radius 2 is 1.63 bits per heavy atom. The average Bonchev–Trinajstić information content (AvgIpc) is 2.32. The minimum atomic E-state index is -1.03. The Morgan fingerprint density at radius 3 is 2.00 bits per heavy atom. The summed E-state index contributed by atoms with van der Waals surface area (Å²) in [5.41, 5.74) is 5.24. The summed E-state index contributed by atoms with van der Waals surface area (Å²) in [6.45, 7) is 3.90. The molecule has 0 aromatic rings. The molecule has 4 aliphatic rings. The molecule has 4 rings (SSSR count). The van der Waals surface area contributed by atoms with Crippen molar-refractivity contribution >= 4 is 5.97 Å². The van der Waals surface area contributed by atoms with Crippen LogP contribution in [0.4, 0.5) is 0 Å². The topological polar surface area (TPSA) is 63.3 Å². The highest BCUT2D eigenvalue weighted by atomic mass is 16.4. The Bertz CT molecular complexity index is 351. The monoisotopic (exact) mass is 265 g/mol. The fourth-order valence-electron chi connectivity index (χ4n) is 5.33. The molecule has 3 N–H and O–H groups in total. The number of carboxylic acid groups (broad SMARTS) is 1. The second kappa shape index (κ2) is 4.47. The normalized spacial score (nSPS) is 43.5. The number of hydrogen-bond acceptors (Lipinski definition) is 2. The molecule has 1 unspecified atom stereocenters. The van der Waals surface area contributed by atoms with Gasteiger partial charge in [0.15, 0.2) is 0 Å². The van der Waals surface area contributed by atoms with Crippen LogP contribution in [-0.4, -0.2) is 16.6 Å². The summed E-state index contributed by atoms with van der Waals surface area (Å²) in [4.78, 5) is 11.6. The highest BCUT2D eigenvalue weighted by Crippen LogP contribution is 2.58. The number of nitrogens with two attached hydrogens (primary N) is 1. The molecule has 0 amide bonds. The molecule has 19 heavy (non-hydrogen) atoms. The van der Waals surface area contributed by atoms with Crippen LogP contribution in [0.2, 0.25) is 0 Å². The molecule has 3 nitrogen and oxygen atoms in total. The van der Waals surface area contributed by atoms with Crippen LogP contribution >= 0.6 is 0 Å². The van der Waals surface area contributed by atoms with Crippen LogP contribution in [0, 0.1) is 35.5 Å². The second-order valence-electron chi connectivity index (χ2n) is 7.80. The van der Waals surface area contributed by atoms with E-state index in [1.807, 2.05) is 13.8 Å². The first-order chi connectivity index (χ1) is 8.90. The van der Waals surface area contributed by atoms with Crippen LogP contribution < -0.4 is 5.73 Å². The molecule has 4 saturated carbocycles. The van der Waals surface area contributed by atoms with E-state index in [2.05, 4.69) is 0 Å². The lowest BCUT2D eigenvalue weighted by Gasteiger charge is -2.56. The second-order valence-corrected chi connectivity index (χ2v) is 7.80. The molecule has 4 fully saturated rings. The molecular weight excluding hydrogens is 238 g/mol. The summed E-state index contributed by atoms with van der Waals surface area (Å²) >= 11 is 0. The van der Waals surface area contributed by atoms with Crippen molar-refractivity contribution in [2.45, 2.75) is 57.9 Å². The molecule has 0 aromatic heterocycles. The van der Waals surface area contributed by atoms with E-state index in [0.29, 0.717) is 12.3 Å². The lowest BCUT2D eigenvalue weighted by Crippen LogP contribution is -2.57. The van der Waals surface area contributed by atoms with E-state index >= 15 is 0 Å². The Labute approximate surface area is 115 Å². The van der Waals surface area contributed by atoms with Crippen molar-refractivity contribution in [3.8, 4) is 0 Å². The first kappa shape index (κ1) is 13.4. The maximum atomic E-state index is 11.6.